The molecule has 3 rings (SSSR count). The molecule has 0 aliphatic heterocycles. The molecule has 0 saturated heterocycles. The van der Waals surface area contributed by atoms with Gasteiger partial charge < -0.3 is 5.32 Å². The van der Waals surface area contributed by atoms with Gasteiger partial charge >= 0.3 is 0 Å². The molecule has 1 fully saturated rings. The summed E-state index contributed by atoms with van der Waals surface area (Å²) < 4.78 is 2.14. The van der Waals surface area contributed by atoms with Gasteiger partial charge in [0.1, 0.15) is 0 Å². The van der Waals surface area contributed by atoms with Crippen LogP contribution in [0.4, 0.5) is 0 Å². The van der Waals surface area contributed by atoms with Crippen LogP contribution < -0.4 is 5.32 Å². The number of aromatic nitrogens is 4. The highest BCUT2D eigenvalue weighted by Crippen LogP contribution is 2.41. The molecule has 6 nitrogen and oxygen atoms in total. The molecule has 2 aromatic heterocycles. The number of nitrogens with zero attached hydrogens (tertiary/aromatic N) is 4. The highest BCUT2D eigenvalue weighted by Gasteiger charge is 2.31. The predicted octanol–water partition coefficient (Wildman–Crippen LogP) is 2.46. The van der Waals surface area contributed by atoms with Crippen molar-refractivity contribution in [3.05, 3.63) is 37.2 Å². The number of carbonyl (C=O) groups is 1. The van der Waals surface area contributed by atoms with Crippen LogP contribution in [-0.4, -0.2) is 37.5 Å². The van der Waals surface area contributed by atoms with E-state index in [-0.39, 0.29) is 11.2 Å². The van der Waals surface area contributed by atoms with Crippen molar-refractivity contribution in [1.29, 1.82) is 0 Å². The second kappa shape index (κ2) is 6.95. The van der Waals surface area contributed by atoms with Gasteiger partial charge in [0, 0.05) is 30.5 Å². The SMILES string of the molecule is C=CCNC(=O)[C@@H](C)Sc1nnc(-c2cccnc2)n1C1CC1. The summed E-state index contributed by atoms with van der Waals surface area (Å²) in [4.78, 5) is 16.2. The van der Waals surface area contributed by atoms with E-state index in [1.54, 1.807) is 18.5 Å². The Labute approximate surface area is 139 Å². The van der Waals surface area contributed by atoms with Crippen LogP contribution in [0.25, 0.3) is 11.4 Å². The summed E-state index contributed by atoms with van der Waals surface area (Å²) >= 11 is 1.44. The molecule has 120 valence electrons. The van der Waals surface area contributed by atoms with E-state index in [0.717, 1.165) is 29.4 Å². The average Bonchev–Trinajstić information content (AvgIpc) is 3.34. The van der Waals surface area contributed by atoms with Crippen LogP contribution in [0.1, 0.15) is 25.8 Å². The second-order valence-electron chi connectivity index (χ2n) is 5.44. The van der Waals surface area contributed by atoms with Crippen molar-refractivity contribution < 1.29 is 4.79 Å². The number of pyridine rings is 1. The van der Waals surface area contributed by atoms with Crippen LogP contribution in [0.2, 0.25) is 0 Å². The van der Waals surface area contributed by atoms with Crippen molar-refractivity contribution in [2.24, 2.45) is 0 Å². The summed E-state index contributed by atoms with van der Waals surface area (Å²) in [5, 5.41) is 12.0. The fraction of sp³-hybridized carbons (Fsp3) is 0.375. The van der Waals surface area contributed by atoms with Crippen LogP contribution in [0, 0.1) is 0 Å². The summed E-state index contributed by atoms with van der Waals surface area (Å²) in [5.74, 6) is 0.796. The van der Waals surface area contributed by atoms with Crippen LogP contribution in [0.15, 0.2) is 42.3 Å². The quantitative estimate of drug-likeness (QED) is 0.624. The molecule has 2 aromatic rings. The Bertz CT molecular complexity index is 696. The minimum Gasteiger partial charge on any atom is -0.352 e. The molecular weight excluding hydrogens is 310 g/mol. The number of amides is 1. The molecule has 1 aliphatic carbocycles. The molecule has 7 heteroatoms. The molecule has 0 bridgehead atoms. The van der Waals surface area contributed by atoms with Crippen LogP contribution in [-0.2, 0) is 4.79 Å². The molecule has 0 aromatic carbocycles. The number of hydrogen-bond donors (Lipinski definition) is 1. The predicted molar refractivity (Wildman–Crippen MR) is 90.0 cm³/mol. The molecule has 1 aliphatic rings. The monoisotopic (exact) mass is 329 g/mol. The van der Waals surface area contributed by atoms with Gasteiger partial charge in [-0.15, -0.1) is 16.8 Å². The minimum absolute atomic E-state index is 0.0248. The van der Waals surface area contributed by atoms with Gasteiger partial charge in [0.15, 0.2) is 11.0 Å². The Hall–Kier alpha value is -2.15. The van der Waals surface area contributed by atoms with Gasteiger partial charge in [0.05, 0.1) is 5.25 Å². The zero-order valence-electron chi connectivity index (χ0n) is 13.0. The fourth-order valence-corrected chi connectivity index (χ4v) is 3.18. The average molecular weight is 329 g/mol. The molecular formula is C16H19N5OS. The Morgan fingerprint density at radius 2 is 2.39 bits per heavy atom. The molecule has 1 N–H and O–H groups in total. The number of thioether (sulfide) groups is 1. The smallest absolute Gasteiger partial charge is 0.233 e. The van der Waals surface area contributed by atoms with Crippen molar-refractivity contribution in [3.63, 3.8) is 0 Å². The fourth-order valence-electron chi connectivity index (χ4n) is 2.24. The van der Waals surface area contributed by atoms with E-state index < -0.39 is 0 Å². The van der Waals surface area contributed by atoms with Crippen molar-refractivity contribution in [1.82, 2.24) is 25.1 Å². The third-order valence-electron chi connectivity index (χ3n) is 3.57. The largest absolute Gasteiger partial charge is 0.352 e. The topological polar surface area (TPSA) is 72.7 Å². The van der Waals surface area contributed by atoms with E-state index in [1.165, 1.54) is 11.8 Å². The first-order valence-corrected chi connectivity index (χ1v) is 8.49. The van der Waals surface area contributed by atoms with Gasteiger partial charge in [-0.05, 0) is 31.9 Å². The Morgan fingerprint density at radius 3 is 3.04 bits per heavy atom. The van der Waals surface area contributed by atoms with E-state index in [2.05, 4.69) is 31.6 Å². The number of carbonyl (C=O) groups excluding carboxylic acids is 1. The van der Waals surface area contributed by atoms with E-state index in [4.69, 9.17) is 0 Å². The summed E-state index contributed by atoms with van der Waals surface area (Å²) in [6.45, 7) is 5.95. The first kappa shape index (κ1) is 15.7. The summed E-state index contributed by atoms with van der Waals surface area (Å²) in [7, 11) is 0. The van der Waals surface area contributed by atoms with Gasteiger partial charge in [-0.1, -0.05) is 17.8 Å². The van der Waals surface area contributed by atoms with Crippen molar-refractivity contribution in [2.45, 2.75) is 36.2 Å². The molecule has 0 spiro atoms. The Kier molecular flexibility index (Phi) is 4.76. The molecule has 23 heavy (non-hydrogen) atoms. The number of nitrogens with one attached hydrogen (secondary N) is 1. The van der Waals surface area contributed by atoms with Crippen molar-refractivity contribution >= 4 is 17.7 Å². The molecule has 0 unspecified atom stereocenters. The first-order valence-electron chi connectivity index (χ1n) is 7.61. The maximum atomic E-state index is 12.0. The molecule has 2 heterocycles. The van der Waals surface area contributed by atoms with Crippen molar-refractivity contribution in [2.75, 3.05) is 6.54 Å². The first-order chi connectivity index (χ1) is 11.2. The third-order valence-corrected chi connectivity index (χ3v) is 4.63. The second-order valence-corrected chi connectivity index (χ2v) is 6.75. The lowest BCUT2D eigenvalue weighted by Gasteiger charge is -2.12. The van der Waals surface area contributed by atoms with Gasteiger partial charge in [-0.25, -0.2) is 0 Å². The lowest BCUT2D eigenvalue weighted by Crippen LogP contribution is -2.31. The maximum Gasteiger partial charge on any atom is 0.233 e. The van der Waals surface area contributed by atoms with Crippen LogP contribution >= 0.6 is 11.8 Å². The van der Waals surface area contributed by atoms with Gasteiger partial charge in [-0.3, -0.25) is 14.3 Å². The van der Waals surface area contributed by atoms with Gasteiger partial charge in [0.25, 0.3) is 0 Å². The van der Waals surface area contributed by atoms with Gasteiger partial charge in [0.2, 0.25) is 5.91 Å². The molecule has 1 saturated carbocycles. The summed E-state index contributed by atoms with van der Waals surface area (Å²) in [5.41, 5.74) is 0.947. The molecule has 1 amide bonds. The Balaban J connectivity index is 1.82. The zero-order valence-corrected chi connectivity index (χ0v) is 13.8. The zero-order chi connectivity index (χ0) is 16.2. The number of hydrogen-bond acceptors (Lipinski definition) is 5. The lowest BCUT2D eigenvalue weighted by molar-refractivity contribution is -0.120. The van der Waals surface area contributed by atoms with Gasteiger partial charge in [-0.2, -0.15) is 0 Å². The third kappa shape index (κ3) is 3.61. The Morgan fingerprint density at radius 1 is 1.57 bits per heavy atom. The van der Waals surface area contributed by atoms with E-state index >= 15 is 0 Å². The van der Waals surface area contributed by atoms with E-state index in [0.29, 0.717) is 12.6 Å². The van der Waals surface area contributed by atoms with Crippen LogP contribution in [0.3, 0.4) is 0 Å². The highest BCUT2D eigenvalue weighted by atomic mass is 32.2. The lowest BCUT2D eigenvalue weighted by atomic mass is 10.3. The molecule has 0 radical (unpaired) electrons. The highest BCUT2D eigenvalue weighted by molar-refractivity contribution is 8.00. The molecule has 1 atom stereocenters. The maximum absolute atomic E-state index is 12.0. The van der Waals surface area contributed by atoms with E-state index in [9.17, 15) is 4.79 Å². The standard InChI is InChI=1S/C16H19N5OS/c1-3-8-18-15(22)11(2)23-16-20-19-14(21(16)13-6-7-13)12-5-4-9-17-10-12/h3-5,9-11,13H,1,6-8H2,2H3,(H,18,22)/t11-/m1/s1. The van der Waals surface area contributed by atoms with Crippen molar-refractivity contribution in [3.8, 4) is 11.4 Å². The van der Waals surface area contributed by atoms with Crippen LogP contribution in [0.5, 0.6) is 0 Å². The normalized spacial score (nSPS) is 15.2. The minimum atomic E-state index is -0.238. The summed E-state index contributed by atoms with van der Waals surface area (Å²) in [6.07, 6.45) is 7.44. The number of rotatable bonds is 7. The summed E-state index contributed by atoms with van der Waals surface area (Å²) in [6, 6.07) is 4.29. The van der Waals surface area contributed by atoms with E-state index in [1.807, 2.05) is 19.1 Å².